The Kier molecular flexibility index (Phi) is 6.94. The fraction of sp³-hybridized carbons (Fsp3) is 0.182. The summed E-state index contributed by atoms with van der Waals surface area (Å²) in [5.41, 5.74) is 3.80. The van der Waals surface area contributed by atoms with Crippen LogP contribution in [0.25, 0.3) is 0 Å². The van der Waals surface area contributed by atoms with E-state index in [0.29, 0.717) is 35.7 Å². The summed E-state index contributed by atoms with van der Waals surface area (Å²) in [7, 11) is 3.18. The zero-order valence-corrected chi connectivity index (χ0v) is 16.7. The van der Waals surface area contributed by atoms with Crippen LogP contribution in [0.15, 0.2) is 71.2 Å². The molecule has 154 valence electrons. The molecular weight excluding hydrogens is 384 g/mol. The van der Waals surface area contributed by atoms with Crippen LogP contribution >= 0.6 is 0 Å². The van der Waals surface area contributed by atoms with Crippen LogP contribution in [0.4, 0.5) is 0 Å². The number of ether oxygens (including phenoxy) is 2. The standard InChI is InChI=1S/C22H22N4O4/c1-29-19-7-3-15(4-8-19)21(25-27)12-17-11-18(24-14-23-17)13-22(26-28)16-5-9-20(30-2)10-6-16/h3-11,14,27-28H,12-13H2,1-2H3/b25-21-,26-22-. The van der Waals surface area contributed by atoms with Crippen LogP contribution in [0.3, 0.4) is 0 Å². The lowest BCUT2D eigenvalue weighted by molar-refractivity contribution is 0.318. The van der Waals surface area contributed by atoms with E-state index in [9.17, 15) is 10.4 Å². The van der Waals surface area contributed by atoms with Crippen molar-refractivity contribution in [3.8, 4) is 11.5 Å². The lowest BCUT2D eigenvalue weighted by Gasteiger charge is -2.08. The van der Waals surface area contributed by atoms with Crippen molar-refractivity contribution in [1.82, 2.24) is 9.97 Å². The van der Waals surface area contributed by atoms with Gasteiger partial charge in [-0.2, -0.15) is 0 Å². The molecule has 0 saturated heterocycles. The first-order valence-corrected chi connectivity index (χ1v) is 9.17. The quantitative estimate of drug-likeness (QED) is 0.337. The fourth-order valence-electron chi connectivity index (χ4n) is 2.94. The number of methoxy groups -OCH3 is 2. The Morgan fingerprint density at radius 2 is 1.13 bits per heavy atom. The van der Waals surface area contributed by atoms with Gasteiger partial charge in [-0.1, -0.05) is 10.3 Å². The molecule has 0 aliphatic rings. The Bertz CT molecular complexity index is 951. The van der Waals surface area contributed by atoms with E-state index < -0.39 is 0 Å². The molecular formula is C22H22N4O4. The molecule has 3 rings (SSSR count). The molecule has 0 aliphatic heterocycles. The van der Waals surface area contributed by atoms with E-state index in [4.69, 9.17) is 9.47 Å². The Labute approximate surface area is 174 Å². The second-order valence-electron chi connectivity index (χ2n) is 6.40. The molecule has 3 aromatic rings. The summed E-state index contributed by atoms with van der Waals surface area (Å²) >= 11 is 0. The molecule has 0 saturated carbocycles. The van der Waals surface area contributed by atoms with Crippen molar-refractivity contribution in [1.29, 1.82) is 0 Å². The first kappa shape index (κ1) is 20.8. The van der Waals surface area contributed by atoms with Crippen molar-refractivity contribution in [2.45, 2.75) is 12.8 Å². The Morgan fingerprint density at radius 3 is 1.47 bits per heavy atom. The summed E-state index contributed by atoms with van der Waals surface area (Å²) in [6.07, 6.45) is 2.07. The minimum atomic E-state index is 0.312. The maximum atomic E-state index is 9.46. The summed E-state index contributed by atoms with van der Waals surface area (Å²) in [4.78, 5) is 8.54. The zero-order valence-electron chi connectivity index (χ0n) is 16.7. The molecule has 0 aliphatic carbocycles. The SMILES string of the molecule is COc1ccc(/C(Cc2cc(C/C(=N/O)c3ccc(OC)cc3)ncn2)=N\O)cc1. The second kappa shape index (κ2) is 10.0. The van der Waals surface area contributed by atoms with Crippen molar-refractivity contribution >= 4 is 11.4 Å². The van der Waals surface area contributed by atoms with Gasteiger partial charge < -0.3 is 19.9 Å². The van der Waals surface area contributed by atoms with E-state index in [0.717, 1.165) is 22.6 Å². The molecule has 0 bridgehead atoms. The van der Waals surface area contributed by atoms with E-state index in [1.165, 1.54) is 6.33 Å². The number of rotatable bonds is 8. The fourth-order valence-corrected chi connectivity index (χ4v) is 2.94. The van der Waals surface area contributed by atoms with E-state index in [-0.39, 0.29) is 0 Å². The third-order valence-corrected chi connectivity index (χ3v) is 4.57. The molecule has 1 aromatic heterocycles. The van der Waals surface area contributed by atoms with Gasteiger partial charge in [0.05, 0.1) is 37.0 Å². The van der Waals surface area contributed by atoms with Crippen LogP contribution in [0.5, 0.6) is 11.5 Å². The van der Waals surface area contributed by atoms with Gasteiger partial charge in [0.2, 0.25) is 0 Å². The average Bonchev–Trinajstić information content (AvgIpc) is 2.81. The van der Waals surface area contributed by atoms with Crippen LogP contribution in [-0.2, 0) is 12.8 Å². The summed E-state index contributed by atoms with van der Waals surface area (Å²) in [6.45, 7) is 0. The van der Waals surface area contributed by atoms with E-state index in [1.54, 1.807) is 44.6 Å². The number of nitrogens with zero attached hydrogens (tertiary/aromatic N) is 4. The molecule has 0 amide bonds. The zero-order chi connectivity index (χ0) is 21.3. The molecule has 8 heteroatoms. The Hall–Kier alpha value is -3.94. The van der Waals surface area contributed by atoms with Gasteiger partial charge in [0.15, 0.2) is 0 Å². The highest BCUT2D eigenvalue weighted by atomic mass is 16.5. The molecule has 0 atom stereocenters. The molecule has 30 heavy (non-hydrogen) atoms. The van der Waals surface area contributed by atoms with Gasteiger partial charge in [-0.05, 0) is 65.7 Å². The number of hydrogen-bond donors (Lipinski definition) is 2. The largest absolute Gasteiger partial charge is 0.497 e. The minimum absolute atomic E-state index is 0.312. The minimum Gasteiger partial charge on any atom is -0.497 e. The molecule has 8 nitrogen and oxygen atoms in total. The van der Waals surface area contributed by atoms with Crippen molar-refractivity contribution in [3.05, 3.63) is 83.4 Å². The topological polar surface area (TPSA) is 109 Å². The van der Waals surface area contributed by atoms with Crippen LogP contribution in [0.1, 0.15) is 22.5 Å². The summed E-state index contributed by atoms with van der Waals surface area (Å²) in [6, 6.07) is 16.2. The molecule has 0 radical (unpaired) electrons. The van der Waals surface area contributed by atoms with Gasteiger partial charge in [0, 0.05) is 12.8 Å². The predicted molar refractivity (Wildman–Crippen MR) is 112 cm³/mol. The third-order valence-electron chi connectivity index (χ3n) is 4.57. The van der Waals surface area contributed by atoms with Crippen molar-refractivity contribution < 1.29 is 19.9 Å². The highest BCUT2D eigenvalue weighted by molar-refractivity contribution is 6.02. The average molecular weight is 406 g/mol. The van der Waals surface area contributed by atoms with Crippen LogP contribution in [0.2, 0.25) is 0 Å². The first-order chi connectivity index (χ1) is 14.7. The third kappa shape index (κ3) is 5.11. The van der Waals surface area contributed by atoms with Gasteiger partial charge in [-0.15, -0.1) is 0 Å². The van der Waals surface area contributed by atoms with Crippen LogP contribution < -0.4 is 9.47 Å². The number of aromatic nitrogens is 2. The van der Waals surface area contributed by atoms with Gasteiger partial charge in [-0.25, -0.2) is 9.97 Å². The highest BCUT2D eigenvalue weighted by Gasteiger charge is 2.11. The maximum absolute atomic E-state index is 9.46. The normalized spacial score (nSPS) is 11.9. The van der Waals surface area contributed by atoms with Crippen LogP contribution in [0, 0.1) is 0 Å². The van der Waals surface area contributed by atoms with Crippen molar-refractivity contribution in [2.75, 3.05) is 14.2 Å². The summed E-state index contributed by atoms with van der Waals surface area (Å²) < 4.78 is 10.3. The van der Waals surface area contributed by atoms with Gasteiger partial charge in [0.25, 0.3) is 0 Å². The number of hydrogen-bond acceptors (Lipinski definition) is 8. The van der Waals surface area contributed by atoms with Gasteiger partial charge >= 0.3 is 0 Å². The monoisotopic (exact) mass is 406 g/mol. The summed E-state index contributed by atoms with van der Waals surface area (Å²) in [5.74, 6) is 1.43. The first-order valence-electron chi connectivity index (χ1n) is 9.17. The number of oxime groups is 2. The van der Waals surface area contributed by atoms with Crippen molar-refractivity contribution in [3.63, 3.8) is 0 Å². The van der Waals surface area contributed by atoms with Crippen LogP contribution in [-0.4, -0.2) is 46.0 Å². The summed E-state index contributed by atoms with van der Waals surface area (Å²) in [5, 5.41) is 25.8. The van der Waals surface area contributed by atoms with E-state index >= 15 is 0 Å². The molecule has 0 fully saturated rings. The number of benzene rings is 2. The highest BCUT2D eigenvalue weighted by Crippen LogP contribution is 2.16. The molecule has 2 N–H and O–H groups in total. The maximum Gasteiger partial charge on any atom is 0.118 e. The molecule has 2 aromatic carbocycles. The Morgan fingerprint density at radius 1 is 0.733 bits per heavy atom. The molecule has 1 heterocycles. The second-order valence-corrected chi connectivity index (χ2v) is 6.40. The predicted octanol–water partition coefficient (Wildman–Crippen LogP) is 3.34. The van der Waals surface area contributed by atoms with Gasteiger partial charge in [0.1, 0.15) is 17.8 Å². The smallest absolute Gasteiger partial charge is 0.118 e. The van der Waals surface area contributed by atoms with Gasteiger partial charge in [-0.3, -0.25) is 0 Å². The van der Waals surface area contributed by atoms with E-state index in [2.05, 4.69) is 20.3 Å². The molecule has 0 unspecified atom stereocenters. The molecule has 0 spiro atoms. The van der Waals surface area contributed by atoms with E-state index in [1.807, 2.05) is 24.3 Å². The van der Waals surface area contributed by atoms with Crippen molar-refractivity contribution in [2.24, 2.45) is 10.3 Å². The Balaban J connectivity index is 1.75. The lowest BCUT2D eigenvalue weighted by Crippen LogP contribution is -2.10. The lowest BCUT2D eigenvalue weighted by atomic mass is 10.0.